The molecule has 0 atom stereocenters. The van der Waals surface area contributed by atoms with Crippen molar-refractivity contribution in [2.75, 3.05) is 0 Å². The van der Waals surface area contributed by atoms with Gasteiger partial charge >= 0.3 is 0 Å². The fourth-order valence-electron chi connectivity index (χ4n) is 2.14. The second kappa shape index (κ2) is 4.88. The third-order valence-electron chi connectivity index (χ3n) is 3.37. The third kappa shape index (κ3) is 2.68. The van der Waals surface area contributed by atoms with Crippen molar-refractivity contribution >= 4 is 6.29 Å². The smallest absolute Gasteiger partial charge is 0.150 e. The van der Waals surface area contributed by atoms with Crippen LogP contribution in [0.3, 0.4) is 0 Å². The van der Waals surface area contributed by atoms with E-state index >= 15 is 0 Å². The highest BCUT2D eigenvalue weighted by atomic mass is 16.5. The summed E-state index contributed by atoms with van der Waals surface area (Å²) < 4.78 is 5.81. The monoisotopic (exact) mass is 252 g/mol. The Bertz CT molecular complexity index is 612. The Balaban J connectivity index is 1.98. The normalized spacial score (nSPS) is 14.2. The van der Waals surface area contributed by atoms with Gasteiger partial charge in [0, 0.05) is 5.56 Å². The molecule has 2 heteroatoms. The van der Waals surface area contributed by atoms with Crippen LogP contribution in [0.25, 0.3) is 11.1 Å². The number of aldehydes is 1. The molecule has 2 aromatic rings. The fraction of sp³-hybridized carbons (Fsp3) is 0.235. The second-order valence-electron chi connectivity index (χ2n) is 5.04. The molecule has 2 aromatic carbocycles. The second-order valence-corrected chi connectivity index (χ2v) is 5.04. The van der Waals surface area contributed by atoms with Crippen LogP contribution in [0.1, 0.15) is 28.8 Å². The van der Waals surface area contributed by atoms with Crippen LogP contribution in [0.5, 0.6) is 5.75 Å². The lowest BCUT2D eigenvalue weighted by Gasteiger charge is -2.10. The lowest BCUT2D eigenvalue weighted by molar-refractivity contribution is 0.112. The summed E-state index contributed by atoms with van der Waals surface area (Å²) in [6.45, 7) is 2.05. The highest BCUT2D eigenvalue weighted by Crippen LogP contribution is 2.31. The predicted octanol–water partition coefficient (Wildman–Crippen LogP) is 4.02. The number of hydrogen-bond donors (Lipinski definition) is 0. The van der Waals surface area contributed by atoms with Gasteiger partial charge in [0.15, 0.2) is 0 Å². The van der Waals surface area contributed by atoms with Crippen molar-refractivity contribution in [3.63, 3.8) is 0 Å². The molecule has 1 aliphatic rings. The standard InChI is InChI=1S/C17H16O2/c1-12-5-6-13(11-18)9-17(12)14-3-2-4-16(10-14)19-15-7-8-15/h2-6,9-11,15H,7-8H2,1H3. The SMILES string of the molecule is Cc1ccc(C=O)cc1-c1cccc(OC2CC2)c1. The van der Waals surface area contributed by atoms with E-state index < -0.39 is 0 Å². The number of benzene rings is 2. The molecular formula is C17H16O2. The maximum absolute atomic E-state index is 10.9. The number of hydrogen-bond acceptors (Lipinski definition) is 2. The van der Waals surface area contributed by atoms with Gasteiger partial charge in [-0.2, -0.15) is 0 Å². The molecule has 1 saturated carbocycles. The van der Waals surface area contributed by atoms with E-state index in [1.165, 1.54) is 0 Å². The number of carbonyl (C=O) groups is 1. The summed E-state index contributed by atoms with van der Waals surface area (Å²) in [5.74, 6) is 0.913. The molecule has 0 aliphatic heterocycles. The van der Waals surface area contributed by atoms with Gasteiger partial charge in [-0.25, -0.2) is 0 Å². The van der Waals surface area contributed by atoms with Gasteiger partial charge in [0.05, 0.1) is 6.10 Å². The number of rotatable bonds is 4. The Morgan fingerprint density at radius 3 is 2.74 bits per heavy atom. The van der Waals surface area contributed by atoms with E-state index in [1.807, 2.05) is 30.3 Å². The number of aryl methyl sites for hydroxylation is 1. The minimum atomic E-state index is 0.401. The van der Waals surface area contributed by atoms with Gasteiger partial charge in [-0.1, -0.05) is 24.3 Å². The average molecular weight is 252 g/mol. The van der Waals surface area contributed by atoms with Crippen LogP contribution in [0.4, 0.5) is 0 Å². The fourth-order valence-corrected chi connectivity index (χ4v) is 2.14. The van der Waals surface area contributed by atoms with Gasteiger partial charge < -0.3 is 4.74 Å². The zero-order chi connectivity index (χ0) is 13.2. The lowest BCUT2D eigenvalue weighted by Crippen LogP contribution is -1.96. The van der Waals surface area contributed by atoms with Gasteiger partial charge in [0.1, 0.15) is 12.0 Å². The Morgan fingerprint density at radius 2 is 2.00 bits per heavy atom. The maximum Gasteiger partial charge on any atom is 0.150 e. The summed E-state index contributed by atoms with van der Waals surface area (Å²) in [4.78, 5) is 10.9. The summed E-state index contributed by atoms with van der Waals surface area (Å²) in [5, 5.41) is 0. The van der Waals surface area contributed by atoms with Crippen molar-refractivity contribution in [1.82, 2.24) is 0 Å². The maximum atomic E-state index is 10.9. The van der Waals surface area contributed by atoms with Gasteiger partial charge in [-0.3, -0.25) is 4.79 Å². The third-order valence-corrected chi connectivity index (χ3v) is 3.37. The van der Waals surface area contributed by atoms with E-state index in [4.69, 9.17) is 4.74 Å². The van der Waals surface area contributed by atoms with Gasteiger partial charge in [-0.05, 0) is 54.7 Å². The van der Waals surface area contributed by atoms with Crippen molar-refractivity contribution in [2.24, 2.45) is 0 Å². The first-order valence-electron chi connectivity index (χ1n) is 6.59. The zero-order valence-corrected chi connectivity index (χ0v) is 10.9. The van der Waals surface area contributed by atoms with Crippen molar-refractivity contribution in [3.05, 3.63) is 53.6 Å². The molecule has 2 nitrogen and oxygen atoms in total. The number of ether oxygens (including phenoxy) is 1. The van der Waals surface area contributed by atoms with Crippen LogP contribution in [0, 0.1) is 6.92 Å². The van der Waals surface area contributed by atoms with E-state index in [0.717, 1.165) is 41.6 Å². The predicted molar refractivity (Wildman–Crippen MR) is 75.7 cm³/mol. The van der Waals surface area contributed by atoms with E-state index in [0.29, 0.717) is 11.7 Å². The molecular weight excluding hydrogens is 236 g/mol. The first-order valence-corrected chi connectivity index (χ1v) is 6.59. The van der Waals surface area contributed by atoms with Crippen LogP contribution < -0.4 is 4.74 Å². The van der Waals surface area contributed by atoms with Crippen LogP contribution >= 0.6 is 0 Å². The molecule has 1 fully saturated rings. The molecule has 96 valence electrons. The first kappa shape index (κ1) is 12.0. The topological polar surface area (TPSA) is 26.3 Å². The quantitative estimate of drug-likeness (QED) is 0.768. The van der Waals surface area contributed by atoms with Crippen LogP contribution in [0.15, 0.2) is 42.5 Å². The largest absolute Gasteiger partial charge is 0.490 e. The van der Waals surface area contributed by atoms with Crippen molar-refractivity contribution in [1.29, 1.82) is 0 Å². The van der Waals surface area contributed by atoms with E-state index in [9.17, 15) is 4.79 Å². The van der Waals surface area contributed by atoms with Gasteiger partial charge in [0.25, 0.3) is 0 Å². The van der Waals surface area contributed by atoms with Crippen LogP contribution in [0.2, 0.25) is 0 Å². The zero-order valence-electron chi connectivity index (χ0n) is 10.9. The molecule has 3 rings (SSSR count). The van der Waals surface area contributed by atoms with E-state index in [2.05, 4.69) is 19.1 Å². The molecule has 1 aliphatic carbocycles. The minimum Gasteiger partial charge on any atom is -0.490 e. The Hall–Kier alpha value is -2.09. The highest BCUT2D eigenvalue weighted by Gasteiger charge is 2.23. The molecule has 0 bridgehead atoms. The molecule has 19 heavy (non-hydrogen) atoms. The Kier molecular flexibility index (Phi) is 3.08. The number of carbonyl (C=O) groups excluding carboxylic acids is 1. The molecule has 0 spiro atoms. The molecule has 0 radical (unpaired) electrons. The Morgan fingerprint density at radius 1 is 1.16 bits per heavy atom. The molecule has 0 amide bonds. The van der Waals surface area contributed by atoms with Gasteiger partial charge in [-0.15, -0.1) is 0 Å². The molecule has 0 heterocycles. The highest BCUT2D eigenvalue weighted by molar-refractivity contribution is 5.80. The van der Waals surface area contributed by atoms with Gasteiger partial charge in [0.2, 0.25) is 0 Å². The van der Waals surface area contributed by atoms with Crippen LogP contribution in [-0.4, -0.2) is 12.4 Å². The molecule has 0 saturated heterocycles. The summed E-state index contributed by atoms with van der Waals surface area (Å²) in [6.07, 6.45) is 3.60. The first-order chi connectivity index (χ1) is 9.26. The van der Waals surface area contributed by atoms with E-state index in [-0.39, 0.29) is 0 Å². The van der Waals surface area contributed by atoms with Crippen molar-refractivity contribution < 1.29 is 9.53 Å². The molecule has 0 N–H and O–H groups in total. The molecule has 0 aromatic heterocycles. The van der Waals surface area contributed by atoms with Crippen LogP contribution in [-0.2, 0) is 0 Å². The summed E-state index contributed by atoms with van der Waals surface area (Å²) in [7, 11) is 0. The average Bonchev–Trinajstić information content (AvgIpc) is 3.23. The molecule has 0 unspecified atom stereocenters. The van der Waals surface area contributed by atoms with E-state index in [1.54, 1.807) is 0 Å². The van der Waals surface area contributed by atoms with Crippen molar-refractivity contribution in [3.8, 4) is 16.9 Å². The lowest BCUT2D eigenvalue weighted by atomic mass is 9.98. The minimum absolute atomic E-state index is 0.401. The van der Waals surface area contributed by atoms with Crippen molar-refractivity contribution in [2.45, 2.75) is 25.9 Å². The summed E-state index contributed by atoms with van der Waals surface area (Å²) in [5.41, 5.74) is 4.05. The summed E-state index contributed by atoms with van der Waals surface area (Å²) >= 11 is 0. The Labute approximate surface area is 113 Å². The summed E-state index contributed by atoms with van der Waals surface area (Å²) in [6, 6.07) is 13.8.